The zero-order chi connectivity index (χ0) is 13.0. The highest BCUT2D eigenvalue weighted by Gasteiger charge is 2.04. The van der Waals surface area contributed by atoms with Crippen molar-refractivity contribution in [3.05, 3.63) is 24.2 Å². The van der Waals surface area contributed by atoms with Gasteiger partial charge in [-0.2, -0.15) is 5.10 Å². The van der Waals surface area contributed by atoms with E-state index < -0.39 is 0 Å². The molecule has 7 nitrogen and oxygen atoms in total. The van der Waals surface area contributed by atoms with Crippen molar-refractivity contribution in [2.24, 2.45) is 0 Å². The van der Waals surface area contributed by atoms with Crippen LogP contribution in [0, 0.1) is 0 Å². The minimum Gasteiger partial charge on any atom is -0.384 e. The molecule has 0 aliphatic carbocycles. The molecule has 0 aliphatic heterocycles. The molecule has 2 rings (SSSR count). The van der Waals surface area contributed by atoms with Gasteiger partial charge < -0.3 is 15.8 Å². The Labute approximate surface area is 105 Å². The topological polar surface area (TPSA) is 90.9 Å². The largest absolute Gasteiger partial charge is 0.384 e. The number of nitrogen functional groups attached to an aromatic ring is 1. The van der Waals surface area contributed by atoms with Crippen LogP contribution in [0.4, 0.5) is 17.5 Å². The molecule has 0 atom stereocenters. The molecule has 2 aromatic heterocycles. The highest BCUT2D eigenvalue weighted by atomic mass is 16.5. The number of ether oxygens (including phenoxy) is 1. The van der Waals surface area contributed by atoms with E-state index in [1.165, 1.54) is 0 Å². The van der Waals surface area contributed by atoms with Crippen molar-refractivity contribution in [1.29, 1.82) is 0 Å². The SMILES string of the molecule is CCn1ccc(Nc2cc(N)nc(COC)n2)n1. The van der Waals surface area contributed by atoms with E-state index in [9.17, 15) is 0 Å². The van der Waals surface area contributed by atoms with Crippen molar-refractivity contribution in [2.75, 3.05) is 18.2 Å². The summed E-state index contributed by atoms with van der Waals surface area (Å²) >= 11 is 0. The van der Waals surface area contributed by atoms with E-state index in [2.05, 4.69) is 20.4 Å². The van der Waals surface area contributed by atoms with Gasteiger partial charge in [0.15, 0.2) is 11.6 Å². The molecule has 96 valence electrons. The number of methoxy groups -OCH3 is 1. The second-order valence-corrected chi connectivity index (χ2v) is 3.71. The van der Waals surface area contributed by atoms with Crippen LogP contribution in [0.5, 0.6) is 0 Å². The molecule has 2 aromatic rings. The van der Waals surface area contributed by atoms with E-state index in [-0.39, 0.29) is 0 Å². The van der Waals surface area contributed by atoms with Crippen LogP contribution in [0.2, 0.25) is 0 Å². The van der Waals surface area contributed by atoms with Crippen LogP contribution in [-0.2, 0) is 17.9 Å². The fourth-order valence-electron chi connectivity index (χ4n) is 1.51. The quantitative estimate of drug-likeness (QED) is 0.825. The molecule has 18 heavy (non-hydrogen) atoms. The normalized spacial score (nSPS) is 10.6. The Morgan fingerprint density at radius 1 is 1.39 bits per heavy atom. The first-order valence-corrected chi connectivity index (χ1v) is 5.64. The van der Waals surface area contributed by atoms with Gasteiger partial charge in [-0.05, 0) is 6.92 Å². The number of nitrogens with two attached hydrogens (primary N) is 1. The predicted octanol–water partition coefficient (Wildman–Crippen LogP) is 1.17. The number of nitrogens with one attached hydrogen (secondary N) is 1. The first-order chi connectivity index (χ1) is 8.71. The molecule has 0 fully saturated rings. The molecule has 0 saturated carbocycles. The Balaban J connectivity index is 2.17. The van der Waals surface area contributed by atoms with E-state index in [0.29, 0.717) is 24.1 Å². The summed E-state index contributed by atoms with van der Waals surface area (Å²) in [5.74, 6) is 2.26. The maximum Gasteiger partial charge on any atom is 0.158 e. The smallest absolute Gasteiger partial charge is 0.158 e. The number of aryl methyl sites for hydroxylation is 1. The highest BCUT2D eigenvalue weighted by molar-refractivity contribution is 5.54. The molecule has 7 heteroatoms. The lowest BCUT2D eigenvalue weighted by Gasteiger charge is -2.05. The van der Waals surface area contributed by atoms with Crippen LogP contribution >= 0.6 is 0 Å². The van der Waals surface area contributed by atoms with Gasteiger partial charge in [-0.1, -0.05) is 0 Å². The summed E-state index contributed by atoms with van der Waals surface area (Å²) in [7, 11) is 1.59. The summed E-state index contributed by atoms with van der Waals surface area (Å²) in [6.45, 7) is 3.17. The van der Waals surface area contributed by atoms with Crippen LogP contribution in [0.1, 0.15) is 12.7 Å². The fraction of sp³-hybridized carbons (Fsp3) is 0.364. The number of hydrogen-bond acceptors (Lipinski definition) is 6. The van der Waals surface area contributed by atoms with E-state index in [1.807, 2.05) is 23.9 Å². The van der Waals surface area contributed by atoms with E-state index in [0.717, 1.165) is 12.4 Å². The number of aromatic nitrogens is 4. The van der Waals surface area contributed by atoms with Crippen LogP contribution in [0.25, 0.3) is 0 Å². The maximum absolute atomic E-state index is 5.70. The zero-order valence-corrected chi connectivity index (χ0v) is 10.4. The summed E-state index contributed by atoms with van der Waals surface area (Å²) in [4.78, 5) is 8.34. The van der Waals surface area contributed by atoms with E-state index in [1.54, 1.807) is 13.2 Å². The minimum atomic E-state index is 0.323. The third kappa shape index (κ3) is 2.95. The van der Waals surface area contributed by atoms with Crippen molar-refractivity contribution >= 4 is 17.5 Å². The van der Waals surface area contributed by atoms with Crippen molar-refractivity contribution in [1.82, 2.24) is 19.7 Å². The van der Waals surface area contributed by atoms with Crippen molar-refractivity contribution in [3.8, 4) is 0 Å². The monoisotopic (exact) mass is 248 g/mol. The van der Waals surface area contributed by atoms with E-state index >= 15 is 0 Å². The predicted molar refractivity (Wildman–Crippen MR) is 68.3 cm³/mol. The fourth-order valence-corrected chi connectivity index (χ4v) is 1.51. The standard InChI is InChI=1S/C11H16N6O/c1-3-17-5-4-9(16-17)14-10-6-8(12)13-11(15-10)7-18-2/h4-6H,3,7H2,1-2H3,(H3,12,13,14,15,16). The van der Waals surface area contributed by atoms with Crippen molar-refractivity contribution in [2.45, 2.75) is 20.1 Å². The molecule has 0 aromatic carbocycles. The number of rotatable bonds is 5. The number of nitrogens with zero attached hydrogens (tertiary/aromatic N) is 4. The average molecular weight is 248 g/mol. The summed E-state index contributed by atoms with van der Waals surface area (Å²) in [5, 5.41) is 7.38. The third-order valence-electron chi connectivity index (χ3n) is 2.29. The Hall–Kier alpha value is -2.15. The van der Waals surface area contributed by atoms with Gasteiger partial charge in [0.1, 0.15) is 18.2 Å². The van der Waals surface area contributed by atoms with Crippen LogP contribution in [0.3, 0.4) is 0 Å². The molecule has 0 bridgehead atoms. The zero-order valence-electron chi connectivity index (χ0n) is 10.4. The lowest BCUT2D eigenvalue weighted by molar-refractivity contribution is 0.178. The van der Waals surface area contributed by atoms with Gasteiger partial charge in [0.25, 0.3) is 0 Å². The van der Waals surface area contributed by atoms with Gasteiger partial charge in [-0.3, -0.25) is 4.68 Å². The average Bonchev–Trinajstić information content (AvgIpc) is 2.76. The van der Waals surface area contributed by atoms with Crippen LogP contribution < -0.4 is 11.1 Å². The second-order valence-electron chi connectivity index (χ2n) is 3.71. The molecule has 0 radical (unpaired) electrons. The Bertz CT molecular complexity index is 524. The Kier molecular flexibility index (Phi) is 3.73. The molecule has 0 unspecified atom stereocenters. The molecule has 0 amide bonds. The molecule has 0 aliphatic rings. The van der Waals surface area contributed by atoms with Crippen molar-refractivity contribution < 1.29 is 4.74 Å². The second kappa shape index (κ2) is 5.46. The lowest BCUT2D eigenvalue weighted by Crippen LogP contribution is -2.05. The summed E-state index contributed by atoms with van der Waals surface area (Å²) < 4.78 is 6.80. The van der Waals surface area contributed by atoms with Crippen LogP contribution in [0.15, 0.2) is 18.3 Å². The first-order valence-electron chi connectivity index (χ1n) is 5.64. The number of anilines is 3. The minimum absolute atomic E-state index is 0.323. The lowest BCUT2D eigenvalue weighted by atomic mass is 10.4. The Morgan fingerprint density at radius 3 is 2.89 bits per heavy atom. The number of hydrogen-bond donors (Lipinski definition) is 2. The highest BCUT2D eigenvalue weighted by Crippen LogP contribution is 2.14. The molecule has 2 heterocycles. The molecule has 0 saturated heterocycles. The van der Waals surface area contributed by atoms with Gasteiger partial charge in [-0.15, -0.1) is 0 Å². The summed E-state index contributed by atoms with van der Waals surface area (Å²) in [5.41, 5.74) is 5.70. The van der Waals surface area contributed by atoms with Gasteiger partial charge >= 0.3 is 0 Å². The molecule has 0 spiro atoms. The van der Waals surface area contributed by atoms with E-state index in [4.69, 9.17) is 10.5 Å². The Morgan fingerprint density at radius 2 is 2.22 bits per heavy atom. The van der Waals surface area contributed by atoms with Crippen molar-refractivity contribution in [3.63, 3.8) is 0 Å². The van der Waals surface area contributed by atoms with Gasteiger partial charge in [0.05, 0.1) is 0 Å². The summed E-state index contributed by atoms with van der Waals surface area (Å²) in [6.07, 6.45) is 1.89. The van der Waals surface area contributed by atoms with Crippen LogP contribution in [-0.4, -0.2) is 26.9 Å². The molecular formula is C11H16N6O. The third-order valence-corrected chi connectivity index (χ3v) is 2.29. The van der Waals surface area contributed by atoms with Gasteiger partial charge in [0.2, 0.25) is 0 Å². The first kappa shape index (κ1) is 12.3. The summed E-state index contributed by atoms with van der Waals surface area (Å²) in [6, 6.07) is 3.53. The van der Waals surface area contributed by atoms with Gasteiger partial charge in [-0.25, -0.2) is 9.97 Å². The molecular weight excluding hydrogens is 232 g/mol. The molecule has 3 N–H and O–H groups in total. The maximum atomic E-state index is 5.70. The van der Waals surface area contributed by atoms with Gasteiger partial charge in [0, 0.05) is 32.0 Å².